The van der Waals surface area contributed by atoms with Crippen LogP contribution in [0, 0.1) is 5.92 Å². The quantitative estimate of drug-likeness (QED) is 0.526. The number of hydrogen-bond acceptors (Lipinski definition) is 5. The van der Waals surface area contributed by atoms with E-state index in [0.717, 1.165) is 24.3 Å². The summed E-state index contributed by atoms with van der Waals surface area (Å²) in [6.45, 7) is 5.87. The van der Waals surface area contributed by atoms with Gasteiger partial charge in [-0.2, -0.15) is 0 Å². The Hall–Kier alpha value is -1.04. The van der Waals surface area contributed by atoms with Gasteiger partial charge in [0.25, 0.3) is 5.22 Å². The van der Waals surface area contributed by atoms with Crippen LogP contribution >= 0.6 is 23.4 Å². The highest BCUT2D eigenvalue weighted by molar-refractivity contribution is 7.99. The van der Waals surface area contributed by atoms with Crippen LogP contribution in [0.1, 0.15) is 20.3 Å². The highest BCUT2D eigenvalue weighted by Gasteiger charge is 2.08. The predicted octanol–water partition coefficient (Wildman–Crippen LogP) is 4.54. The normalized spacial score (nSPS) is 11.2. The van der Waals surface area contributed by atoms with Crippen molar-refractivity contribution in [2.24, 2.45) is 5.92 Å². The molecule has 0 unspecified atom stereocenters. The third kappa shape index (κ3) is 5.69. The second-order valence-electron chi connectivity index (χ2n) is 5.02. The van der Waals surface area contributed by atoms with Crippen LogP contribution in [0.3, 0.4) is 0 Å². The summed E-state index contributed by atoms with van der Waals surface area (Å²) in [5.41, 5.74) is 0.868. The van der Waals surface area contributed by atoms with Crippen molar-refractivity contribution in [3.63, 3.8) is 0 Å². The average Bonchev–Trinajstić information content (AvgIpc) is 2.92. The smallest absolute Gasteiger partial charge is 0.276 e. The number of ether oxygens (including phenoxy) is 1. The first-order chi connectivity index (χ1) is 10.1. The van der Waals surface area contributed by atoms with E-state index in [-0.39, 0.29) is 0 Å². The molecule has 21 heavy (non-hydrogen) atoms. The lowest BCUT2D eigenvalue weighted by atomic mass is 10.1. The van der Waals surface area contributed by atoms with E-state index in [1.807, 2.05) is 12.1 Å². The van der Waals surface area contributed by atoms with Crippen molar-refractivity contribution in [1.82, 2.24) is 10.2 Å². The minimum Gasteiger partial charge on any atom is -0.411 e. The van der Waals surface area contributed by atoms with Crippen molar-refractivity contribution in [3.05, 3.63) is 29.3 Å². The van der Waals surface area contributed by atoms with Crippen LogP contribution in [0.15, 0.2) is 33.9 Å². The van der Waals surface area contributed by atoms with E-state index in [2.05, 4.69) is 24.0 Å². The SMILES string of the molecule is CC(C)CCOCCSc1nnc(-c2ccc(Cl)cc2)o1. The molecule has 0 amide bonds. The van der Waals surface area contributed by atoms with Gasteiger partial charge < -0.3 is 9.15 Å². The first kappa shape index (κ1) is 16.3. The molecule has 114 valence electrons. The Kier molecular flexibility index (Phi) is 6.54. The first-order valence-electron chi connectivity index (χ1n) is 6.95. The maximum atomic E-state index is 5.85. The first-order valence-corrected chi connectivity index (χ1v) is 8.31. The van der Waals surface area contributed by atoms with E-state index in [1.54, 1.807) is 12.1 Å². The van der Waals surface area contributed by atoms with Gasteiger partial charge in [0.15, 0.2) is 0 Å². The Bertz CT molecular complexity index is 543. The molecule has 0 aliphatic carbocycles. The monoisotopic (exact) mass is 326 g/mol. The zero-order valence-electron chi connectivity index (χ0n) is 12.2. The average molecular weight is 327 g/mol. The van der Waals surface area contributed by atoms with Gasteiger partial charge >= 0.3 is 0 Å². The van der Waals surface area contributed by atoms with Gasteiger partial charge in [0.05, 0.1) is 6.61 Å². The Balaban J connectivity index is 1.74. The second kappa shape index (κ2) is 8.41. The summed E-state index contributed by atoms with van der Waals surface area (Å²) in [5, 5.41) is 9.30. The largest absolute Gasteiger partial charge is 0.411 e. The maximum absolute atomic E-state index is 5.85. The zero-order chi connectivity index (χ0) is 15.1. The molecule has 0 bridgehead atoms. The summed E-state index contributed by atoms with van der Waals surface area (Å²) in [4.78, 5) is 0. The second-order valence-corrected chi connectivity index (χ2v) is 6.51. The van der Waals surface area contributed by atoms with Crippen molar-refractivity contribution in [3.8, 4) is 11.5 Å². The van der Waals surface area contributed by atoms with Gasteiger partial charge in [-0.1, -0.05) is 37.2 Å². The number of halogens is 1. The van der Waals surface area contributed by atoms with E-state index >= 15 is 0 Å². The van der Waals surface area contributed by atoms with Crippen molar-refractivity contribution in [1.29, 1.82) is 0 Å². The lowest BCUT2D eigenvalue weighted by Gasteiger charge is -2.04. The van der Waals surface area contributed by atoms with Crippen LogP contribution in [-0.4, -0.2) is 29.2 Å². The summed E-state index contributed by atoms with van der Waals surface area (Å²) in [6.07, 6.45) is 1.09. The molecular formula is C15H19ClN2O2S. The highest BCUT2D eigenvalue weighted by atomic mass is 35.5. The maximum Gasteiger partial charge on any atom is 0.276 e. The zero-order valence-corrected chi connectivity index (χ0v) is 13.8. The molecule has 1 aromatic carbocycles. The molecule has 0 N–H and O–H groups in total. The minimum absolute atomic E-state index is 0.509. The van der Waals surface area contributed by atoms with Gasteiger partial charge in [-0.05, 0) is 36.6 Å². The Labute approximate surface area is 134 Å². The van der Waals surface area contributed by atoms with Crippen molar-refractivity contribution in [2.75, 3.05) is 19.0 Å². The Morgan fingerprint density at radius 3 is 2.67 bits per heavy atom. The standard InChI is InChI=1S/C15H19ClN2O2S/c1-11(2)7-8-19-9-10-21-15-18-17-14(20-15)12-3-5-13(16)6-4-12/h3-6,11H,7-10H2,1-2H3. The van der Waals surface area contributed by atoms with Crippen LogP contribution < -0.4 is 0 Å². The van der Waals surface area contributed by atoms with Crippen molar-refractivity contribution in [2.45, 2.75) is 25.5 Å². The molecule has 2 aromatic rings. The van der Waals surface area contributed by atoms with Crippen LogP contribution in [0.5, 0.6) is 0 Å². The van der Waals surface area contributed by atoms with E-state index in [0.29, 0.717) is 28.7 Å². The molecule has 0 aliphatic heterocycles. The topological polar surface area (TPSA) is 48.2 Å². The summed E-state index contributed by atoms with van der Waals surface area (Å²) in [7, 11) is 0. The Morgan fingerprint density at radius 2 is 1.95 bits per heavy atom. The summed E-state index contributed by atoms with van der Waals surface area (Å²) < 4.78 is 11.1. The van der Waals surface area contributed by atoms with Crippen LogP contribution in [0.2, 0.25) is 5.02 Å². The van der Waals surface area contributed by atoms with Gasteiger partial charge in [0.2, 0.25) is 5.89 Å². The number of thioether (sulfide) groups is 1. The van der Waals surface area contributed by atoms with Gasteiger partial charge in [0, 0.05) is 22.9 Å². The molecule has 0 aliphatic rings. The molecule has 1 heterocycles. The fraction of sp³-hybridized carbons (Fsp3) is 0.467. The van der Waals surface area contributed by atoms with Crippen LogP contribution in [0.25, 0.3) is 11.5 Å². The molecule has 0 saturated carbocycles. The van der Waals surface area contributed by atoms with E-state index in [4.69, 9.17) is 20.8 Å². The third-order valence-electron chi connectivity index (χ3n) is 2.79. The lowest BCUT2D eigenvalue weighted by molar-refractivity contribution is 0.138. The van der Waals surface area contributed by atoms with E-state index in [9.17, 15) is 0 Å². The summed E-state index contributed by atoms with van der Waals surface area (Å²) in [5.74, 6) is 1.99. The molecule has 0 radical (unpaired) electrons. The summed E-state index contributed by atoms with van der Waals surface area (Å²) >= 11 is 7.36. The van der Waals surface area contributed by atoms with Crippen LogP contribution in [-0.2, 0) is 4.74 Å². The van der Waals surface area contributed by atoms with Crippen molar-refractivity contribution < 1.29 is 9.15 Å². The molecule has 0 saturated heterocycles. The highest BCUT2D eigenvalue weighted by Crippen LogP contribution is 2.24. The molecule has 6 heteroatoms. The molecule has 2 rings (SSSR count). The predicted molar refractivity (Wildman–Crippen MR) is 85.7 cm³/mol. The molecular weight excluding hydrogens is 308 g/mol. The van der Waals surface area contributed by atoms with Gasteiger partial charge in [-0.15, -0.1) is 10.2 Å². The Morgan fingerprint density at radius 1 is 1.19 bits per heavy atom. The fourth-order valence-corrected chi connectivity index (χ4v) is 2.32. The number of aromatic nitrogens is 2. The number of rotatable bonds is 8. The van der Waals surface area contributed by atoms with Gasteiger partial charge in [-0.25, -0.2) is 0 Å². The molecule has 4 nitrogen and oxygen atoms in total. The number of benzene rings is 1. The van der Waals surface area contributed by atoms with Gasteiger partial charge in [-0.3, -0.25) is 0 Å². The molecule has 0 fully saturated rings. The summed E-state index contributed by atoms with van der Waals surface area (Å²) in [6, 6.07) is 7.32. The molecule has 0 atom stereocenters. The van der Waals surface area contributed by atoms with E-state index < -0.39 is 0 Å². The van der Waals surface area contributed by atoms with Crippen molar-refractivity contribution >= 4 is 23.4 Å². The number of nitrogens with zero attached hydrogens (tertiary/aromatic N) is 2. The minimum atomic E-state index is 0.509. The van der Waals surface area contributed by atoms with E-state index in [1.165, 1.54) is 11.8 Å². The lowest BCUT2D eigenvalue weighted by Crippen LogP contribution is -2.02. The number of hydrogen-bond donors (Lipinski definition) is 0. The van der Waals surface area contributed by atoms with Gasteiger partial charge in [0.1, 0.15) is 0 Å². The fourth-order valence-electron chi connectivity index (χ4n) is 1.59. The molecule has 0 spiro atoms. The third-order valence-corrected chi connectivity index (χ3v) is 3.83. The molecule has 1 aromatic heterocycles. The van der Waals surface area contributed by atoms with Crippen LogP contribution in [0.4, 0.5) is 0 Å².